The molecule has 0 unspecified atom stereocenters. The smallest absolute Gasteiger partial charge is 0.0162 e. The second-order valence-corrected chi connectivity index (χ2v) is 3.08. The van der Waals surface area contributed by atoms with E-state index in [1.807, 2.05) is 0 Å². The van der Waals surface area contributed by atoms with Crippen molar-refractivity contribution in [1.29, 1.82) is 0 Å². The van der Waals surface area contributed by atoms with Gasteiger partial charge >= 0.3 is 0 Å². The van der Waals surface area contributed by atoms with Crippen LogP contribution >= 0.6 is 0 Å². The highest BCUT2D eigenvalue weighted by molar-refractivity contribution is 4.94. The topological polar surface area (TPSA) is 15.3 Å². The molecule has 0 spiro atoms. The van der Waals surface area contributed by atoms with E-state index in [4.69, 9.17) is 0 Å². The number of likely N-dealkylation sites (N-methyl/N-ethyl adjacent to an activating group) is 1. The summed E-state index contributed by atoms with van der Waals surface area (Å²) in [5.41, 5.74) is 1.28. The van der Waals surface area contributed by atoms with Gasteiger partial charge in [-0.15, -0.1) is 0 Å². The van der Waals surface area contributed by atoms with Crippen LogP contribution in [-0.4, -0.2) is 38.6 Å². The zero-order valence-corrected chi connectivity index (χ0v) is 7.98. The first-order chi connectivity index (χ1) is 5.16. The summed E-state index contributed by atoms with van der Waals surface area (Å²) in [5, 5.41) is 3.33. The highest BCUT2D eigenvalue weighted by atomic mass is 15.1. The van der Waals surface area contributed by atoms with Gasteiger partial charge in [-0.05, 0) is 20.5 Å². The van der Waals surface area contributed by atoms with Crippen molar-refractivity contribution in [1.82, 2.24) is 10.2 Å². The molecule has 11 heavy (non-hydrogen) atoms. The van der Waals surface area contributed by atoms with Gasteiger partial charge in [0.15, 0.2) is 0 Å². The first kappa shape index (κ1) is 10.7. The van der Waals surface area contributed by atoms with Crippen LogP contribution in [0.4, 0.5) is 0 Å². The van der Waals surface area contributed by atoms with E-state index in [0.717, 1.165) is 26.1 Å². The number of nitrogens with zero attached hydrogens (tertiary/aromatic N) is 1. The van der Waals surface area contributed by atoms with Gasteiger partial charge in [-0.1, -0.05) is 19.1 Å². The third kappa shape index (κ3) is 7.56. The molecule has 0 aliphatic carbocycles. The molecule has 0 aromatic carbocycles. The van der Waals surface area contributed by atoms with Crippen LogP contribution in [0.15, 0.2) is 12.2 Å². The predicted molar refractivity (Wildman–Crippen MR) is 50.9 cm³/mol. The Morgan fingerprint density at radius 1 is 1.45 bits per heavy atom. The Balaban J connectivity index is 3.08. The van der Waals surface area contributed by atoms with Gasteiger partial charge in [0, 0.05) is 19.6 Å². The second-order valence-electron chi connectivity index (χ2n) is 3.08. The van der Waals surface area contributed by atoms with Crippen LogP contribution in [0.5, 0.6) is 0 Å². The molecule has 0 aliphatic heterocycles. The highest BCUT2D eigenvalue weighted by Gasteiger charge is 1.91. The van der Waals surface area contributed by atoms with E-state index in [1.54, 1.807) is 0 Å². The Labute approximate surface area is 70.3 Å². The van der Waals surface area contributed by atoms with E-state index in [2.05, 4.69) is 37.8 Å². The van der Waals surface area contributed by atoms with Crippen molar-refractivity contribution >= 4 is 0 Å². The summed E-state index contributed by atoms with van der Waals surface area (Å²) in [6, 6.07) is 0. The van der Waals surface area contributed by atoms with Crippen LogP contribution in [0.3, 0.4) is 0 Å². The fraction of sp³-hybridized carbons (Fsp3) is 0.778. The lowest BCUT2D eigenvalue weighted by molar-refractivity contribution is 0.403. The number of hydrogen-bond acceptors (Lipinski definition) is 2. The molecule has 2 nitrogen and oxygen atoms in total. The average Bonchev–Trinajstić information content (AvgIpc) is 1.97. The molecule has 0 bridgehead atoms. The molecule has 0 saturated carbocycles. The van der Waals surface area contributed by atoms with Crippen LogP contribution in [0.2, 0.25) is 0 Å². The zero-order valence-electron chi connectivity index (χ0n) is 7.98. The van der Waals surface area contributed by atoms with Crippen molar-refractivity contribution < 1.29 is 0 Å². The number of rotatable bonds is 6. The van der Waals surface area contributed by atoms with Crippen LogP contribution < -0.4 is 5.32 Å². The minimum atomic E-state index is 0.963. The lowest BCUT2D eigenvalue weighted by atomic mass is 10.2. The summed E-state index contributed by atoms with van der Waals surface area (Å²) in [5.74, 6) is 0. The maximum absolute atomic E-state index is 3.91. The molecule has 0 amide bonds. The largest absolute Gasteiger partial charge is 0.312 e. The van der Waals surface area contributed by atoms with Gasteiger partial charge in [0.25, 0.3) is 0 Å². The van der Waals surface area contributed by atoms with E-state index in [0.29, 0.717) is 0 Å². The molecule has 0 heterocycles. The summed E-state index contributed by atoms with van der Waals surface area (Å²) in [6.45, 7) is 9.15. The van der Waals surface area contributed by atoms with Gasteiger partial charge < -0.3 is 10.2 Å². The molecule has 66 valence electrons. The Hall–Kier alpha value is -0.340. The molecule has 2 heteroatoms. The molecular weight excluding hydrogens is 136 g/mol. The highest BCUT2D eigenvalue weighted by Crippen LogP contribution is 1.91. The predicted octanol–water partition coefficient (Wildman–Crippen LogP) is 1.10. The quantitative estimate of drug-likeness (QED) is 0.458. The molecule has 0 fully saturated rings. The van der Waals surface area contributed by atoms with E-state index in [-0.39, 0.29) is 0 Å². The monoisotopic (exact) mass is 156 g/mol. The van der Waals surface area contributed by atoms with E-state index in [1.165, 1.54) is 5.57 Å². The van der Waals surface area contributed by atoms with Crippen molar-refractivity contribution in [3.63, 3.8) is 0 Å². The van der Waals surface area contributed by atoms with E-state index < -0.39 is 0 Å². The maximum atomic E-state index is 3.91. The van der Waals surface area contributed by atoms with Gasteiger partial charge in [-0.25, -0.2) is 0 Å². The van der Waals surface area contributed by atoms with Gasteiger partial charge in [0.05, 0.1) is 0 Å². The molecule has 0 atom stereocenters. The minimum Gasteiger partial charge on any atom is -0.312 e. The lowest BCUT2D eigenvalue weighted by Crippen LogP contribution is -2.27. The van der Waals surface area contributed by atoms with E-state index in [9.17, 15) is 0 Å². The Morgan fingerprint density at radius 2 is 2.09 bits per heavy atom. The standard InChI is InChI=1S/C9H20N2/c1-5-9(2)8-10-6-7-11(3)4/h10H,2,5-8H2,1,3-4H3. The molecular formula is C9H20N2. The minimum absolute atomic E-state index is 0.963. The SMILES string of the molecule is C=C(CC)CNCCN(C)C. The van der Waals surface area contributed by atoms with Gasteiger partial charge in [0.2, 0.25) is 0 Å². The van der Waals surface area contributed by atoms with Crippen molar-refractivity contribution in [2.45, 2.75) is 13.3 Å². The molecule has 0 saturated heterocycles. The van der Waals surface area contributed by atoms with Crippen molar-refractivity contribution in [3.8, 4) is 0 Å². The zero-order chi connectivity index (χ0) is 8.69. The van der Waals surface area contributed by atoms with Crippen molar-refractivity contribution in [3.05, 3.63) is 12.2 Å². The third-order valence-corrected chi connectivity index (χ3v) is 1.61. The van der Waals surface area contributed by atoms with Crippen LogP contribution in [0.1, 0.15) is 13.3 Å². The van der Waals surface area contributed by atoms with Crippen LogP contribution in [-0.2, 0) is 0 Å². The van der Waals surface area contributed by atoms with Crippen LogP contribution in [0.25, 0.3) is 0 Å². The van der Waals surface area contributed by atoms with Crippen molar-refractivity contribution in [2.24, 2.45) is 0 Å². The van der Waals surface area contributed by atoms with Crippen LogP contribution in [0, 0.1) is 0 Å². The fourth-order valence-electron chi connectivity index (χ4n) is 0.693. The second kappa shape index (κ2) is 6.38. The third-order valence-electron chi connectivity index (χ3n) is 1.61. The number of hydrogen-bond donors (Lipinski definition) is 1. The molecule has 1 N–H and O–H groups in total. The van der Waals surface area contributed by atoms with Crippen molar-refractivity contribution in [2.75, 3.05) is 33.7 Å². The van der Waals surface area contributed by atoms with Gasteiger partial charge in [-0.2, -0.15) is 0 Å². The Kier molecular flexibility index (Phi) is 6.18. The summed E-state index contributed by atoms with van der Waals surface area (Å²) in [6.07, 6.45) is 1.08. The summed E-state index contributed by atoms with van der Waals surface area (Å²) in [7, 11) is 4.16. The Morgan fingerprint density at radius 3 is 2.55 bits per heavy atom. The summed E-state index contributed by atoms with van der Waals surface area (Å²) in [4.78, 5) is 2.17. The molecule has 0 rings (SSSR count). The Bertz CT molecular complexity index is 108. The van der Waals surface area contributed by atoms with E-state index >= 15 is 0 Å². The lowest BCUT2D eigenvalue weighted by Gasteiger charge is -2.10. The average molecular weight is 156 g/mol. The summed E-state index contributed by atoms with van der Waals surface area (Å²) >= 11 is 0. The fourth-order valence-corrected chi connectivity index (χ4v) is 0.693. The van der Waals surface area contributed by atoms with Gasteiger partial charge in [-0.3, -0.25) is 0 Å². The molecule has 0 aromatic rings. The molecule has 0 aromatic heterocycles. The number of nitrogens with one attached hydrogen (secondary N) is 1. The van der Waals surface area contributed by atoms with Gasteiger partial charge in [0.1, 0.15) is 0 Å². The first-order valence-electron chi connectivity index (χ1n) is 4.19. The first-order valence-corrected chi connectivity index (χ1v) is 4.19. The molecule has 0 aliphatic rings. The maximum Gasteiger partial charge on any atom is 0.0162 e. The normalized spacial score (nSPS) is 10.5. The molecule has 0 radical (unpaired) electrons. The summed E-state index contributed by atoms with van der Waals surface area (Å²) < 4.78 is 0.